The summed E-state index contributed by atoms with van der Waals surface area (Å²) in [5.41, 5.74) is 0.249. The van der Waals surface area contributed by atoms with Crippen molar-refractivity contribution in [3.05, 3.63) is 53.9 Å². The fraction of sp³-hybridized carbons (Fsp3) is 0.444. The zero-order valence-electron chi connectivity index (χ0n) is 14.4. The lowest BCUT2D eigenvalue weighted by molar-refractivity contribution is -0.141. The molecule has 0 radical (unpaired) electrons. The number of alkyl halides is 3. The van der Waals surface area contributed by atoms with Crippen molar-refractivity contribution in [2.75, 3.05) is 25.0 Å². The Kier molecular flexibility index (Phi) is 6.75. The monoisotopic (exact) mass is 352 g/mol. The first kappa shape index (κ1) is 19.2. The van der Waals surface area contributed by atoms with Crippen molar-refractivity contribution < 1.29 is 13.2 Å². The summed E-state index contributed by atoms with van der Waals surface area (Å²) in [6, 6.07) is 11.0. The van der Waals surface area contributed by atoms with Gasteiger partial charge in [0.25, 0.3) is 0 Å². The van der Waals surface area contributed by atoms with Gasteiger partial charge in [0.1, 0.15) is 5.69 Å². The van der Waals surface area contributed by atoms with Gasteiger partial charge in [0, 0.05) is 18.8 Å². The number of rotatable bonds is 8. The van der Waals surface area contributed by atoms with Crippen LogP contribution < -0.4 is 5.32 Å². The molecule has 136 valence electrons. The van der Waals surface area contributed by atoms with Crippen LogP contribution in [0.1, 0.15) is 25.1 Å². The van der Waals surface area contributed by atoms with Crippen LogP contribution in [0.3, 0.4) is 0 Å². The number of nitrogens with zero attached hydrogens (tertiary/aromatic N) is 3. The minimum atomic E-state index is -4.47. The average molecular weight is 352 g/mol. The highest BCUT2D eigenvalue weighted by Crippen LogP contribution is 2.27. The maximum atomic E-state index is 12.8. The van der Waals surface area contributed by atoms with Crippen LogP contribution in [0.25, 0.3) is 0 Å². The third-order valence-corrected chi connectivity index (χ3v) is 4.08. The fourth-order valence-corrected chi connectivity index (χ4v) is 2.77. The molecule has 0 aliphatic heterocycles. The summed E-state index contributed by atoms with van der Waals surface area (Å²) in [5.74, 6) is 0.0000396. The van der Waals surface area contributed by atoms with E-state index in [4.69, 9.17) is 0 Å². The largest absolute Gasteiger partial charge is 0.433 e. The van der Waals surface area contributed by atoms with E-state index in [0.29, 0.717) is 6.54 Å². The highest BCUT2D eigenvalue weighted by atomic mass is 19.4. The molecule has 1 unspecified atom stereocenters. The Morgan fingerprint density at radius 1 is 1.08 bits per heavy atom. The second-order valence-corrected chi connectivity index (χ2v) is 5.71. The van der Waals surface area contributed by atoms with Gasteiger partial charge in [-0.3, -0.25) is 4.90 Å². The third-order valence-electron chi connectivity index (χ3n) is 4.08. The van der Waals surface area contributed by atoms with Gasteiger partial charge in [-0.05, 0) is 31.1 Å². The van der Waals surface area contributed by atoms with Gasteiger partial charge in [-0.1, -0.05) is 44.2 Å². The molecule has 0 aliphatic carbocycles. The predicted molar refractivity (Wildman–Crippen MR) is 92.4 cm³/mol. The van der Waals surface area contributed by atoms with Gasteiger partial charge in [0.2, 0.25) is 5.95 Å². The molecule has 2 aromatic rings. The average Bonchev–Trinajstić information content (AvgIpc) is 2.61. The lowest BCUT2D eigenvalue weighted by Crippen LogP contribution is -2.41. The summed E-state index contributed by atoms with van der Waals surface area (Å²) in [6.45, 7) is 6.33. The standard InChI is InChI=1S/C18H23F3N4/c1-3-25(4-2)15(12-14-8-6-5-7-9-14)13-23-17-22-11-10-16(24-17)18(19,20)21/h5-11,15H,3-4,12-13H2,1-2H3,(H,22,23,24). The van der Waals surface area contributed by atoms with E-state index in [-0.39, 0.29) is 12.0 Å². The van der Waals surface area contributed by atoms with Gasteiger partial charge in [-0.25, -0.2) is 9.97 Å². The molecule has 1 atom stereocenters. The SMILES string of the molecule is CCN(CC)C(CNc1nccc(C(F)(F)F)n1)Cc1ccccc1. The van der Waals surface area contributed by atoms with Crippen molar-refractivity contribution in [3.8, 4) is 0 Å². The summed E-state index contributed by atoms with van der Waals surface area (Å²) >= 11 is 0. The number of anilines is 1. The van der Waals surface area contributed by atoms with Gasteiger partial charge in [0.05, 0.1) is 0 Å². The first-order chi connectivity index (χ1) is 11.9. The molecule has 0 saturated carbocycles. The summed E-state index contributed by atoms with van der Waals surface area (Å²) in [7, 11) is 0. The second-order valence-electron chi connectivity index (χ2n) is 5.71. The van der Waals surface area contributed by atoms with Crippen molar-refractivity contribution >= 4 is 5.95 Å². The van der Waals surface area contributed by atoms with Gasteiger partial charge in [-0.2, -0.15) is 13.2 Å². The van der Waals surface area contributed by atoms with Gasteiger partial charge in [-0.15, -0.1) is 0 Å². The Morgan fingerprint density at radius 2 is 1.76 bits per heavy atom. The van der Waals surface area contributed by atoms with Crippen molar-refractivity contribution in [2.45, 2.75) is 32.5 Å². The summed E-state index contributed by atoms with van der Waals surface area (Å²) in [5, 5.41) is 2.96. The van der Waals surface area contributed by atoms with Crippen LogP contribution in [0.4, 0.5) is 19.1 Å². The van der Waals surface area contributed by atoms with E-state index in [0.717, 1.165) is 31.8 Å². The lowest BCUT2D eigenvalue weighted by atomic mass is 10.0. The molecular weight excluding hydrogens is 329 g/mol. The summed E-state index contributed by atoms with van der Waals surface area (Å²) in [4.78, 5) is 9.74. The highest BCUT2D eigenvalue weighted by molar-refractivity contribution is 5.27. The molecular formula is C18H23F3N4. The van der Waals surface area contributed by atoms with E-state index in [9.17, 15) is 13.2 Å². The fourth-order valence-electron chi connectivity index (χ4n) is 2.77. The number of hydrogen-bond acceptors (Lipinski definition) is 4. The first-order valence-corrected chi connectivity index (χ1v) is 8.36. The number of hydrogen-bond donors (Lipinski definition) is 1. The quantitative estimate of drug-likeness (QED) is 0.783. The third kappa shape index (κ3) is 5.70. The van der Waals surface area contributed by atoms with Crippen LogP contribution >= 0.6 is 0 Å². The van der Waals surface area contributed by atoms with Crippen molar-refractivity contribution in [3.63, 3.8) is 0 Å². The molecule has 2 rings (SSSR count). The van der Waals surface area contributed by atoms with Crippen LogP contribution in [0.15, 0.2) is 42.6 Å². The molecule has 1 aromatic carbocycles. The predicted octanol–water partition coefficient (Wildman–Crippen LogP) is 3.86. The molecule has 0 bridgehead atoms. The minimum Gasteiger partial charge on any atom is -0.353 e. The van der Waals surface area contributed by atoms with Gasteiger partial charge < -0.3 is 5.32 Å². The zero-order valence-corrected chi connectivity index (χ0v) is 14.4. The molecule has 1 N–H and O–H groups in total. The zero-order chi connectivity index (χ0) is 18.3. The van der Waals surface area contributed by atoms with Gasteiger partial charge in [0.15, 0.2) is 0 Å². The van der Waals surface area contributed by atoms with E-state index in [1.807, 2.05) is 18.2 Å². The number of benzene rings is 1. The van der Waals surface area contributed by atoms with Crippen LogP contribution in [0.2, 0.25) is 0 Å². The molecule has 4 nitrogen and oxygen atoms in total. The maximum absolute atomic E-state index is 12.8. The molecule has 1 aromatic heterocycles. The Labute approximate surface area is 146 Å². The first-order valence-electron chi connectivity index (χ1n) is 8.36. The smallest absolute Gasteiger partial charge is 0.353 e. The van der Waals surface area contributed by atoms with Crippen LogP contribution in [0.5, 0.6) is 0 Å². The number of aromatic nitrogens is 2. The lowest BCUT2D eigenvalue weighted by Gasteiger charge is -2.30. The molecule has 0 aliphatic rings. The molecule has 0 fully saturated rings. The van der Waals surface area contributed by atoms with Crippen LogP contribution in [-0.2, 0) is 12.6 Å². The Bertz CT molecular complexity index is 642. The molecule has 0 amide bonds. The van der Waals surface area contributed by atoms with E-state index >= 15 is 0 Å². The van der Waals surface area contributed by atoms with Crippen molar-refractivity contribution in [2.24, 2.45) is 0 Å². The maximum Gasteiger partial charge on any atom is 0.433 e. The number of halogens is 3. The molecule has 0 spiro atoms. The van der Waals surface area contributed by atoms with E-state index in [1.54, 1.807) is 0 Å². The normalized spacial score (nSPS) is 13.0. The highest BCUT2D eigenvalue weighted by Gasteiger charge is 2.32. The Morgan fingerprint density at radius 3 is 2.36 bits per heavy atom. The van der Waals surface area contributed by atoms with E-state index in [1.165, 1.54) is 5.56 Å². The summed E-state index contributed by atoms with van der Waals surface area (Å²) < 4.78 is 38.3. The molecule has 7 heteroatoms. The van der Waals surface area contributed by atoms with E-state index < -0.39 is 11.9 Å². The topological polar surface area (TPSA) is 41.0 Å². The second kappa shape index (κ2) is 8.80. The minimum absolute atomic E-state index is 0.0000396. The number of likely N-dealkylation sites (N-methyl/N-ethyl adjacent to an activating group) is 1. The molecule has 0 saturated heterocycles. The Balaban J connectivity index is 2.09. The van der Waals surface area contributed by atoms with E-state index in [2.05, 4.69) is 46.2 Å². The van der Waals surface area contributed by atoms with Crippen molar-refractivity contribution in [1.29, 1.82) is 0 Å². The van der Waals surface area contributed by atoms with Crippen LogP contribution in [0, 0.1) is 0 Å². The van der Waals surface area contributed by atoms with Crippen LogP contribution in [-0.4, -0.2) is 40.5 Å². The molecule has 25 heavy (non-hydrogen) atoms. The molecule has 1 heterocycles. The van der Waals surface area contributed by atoms with Gasteiger partial charge >= 0.3 is 6.18 Å². The number of nitrogens with one attached hydrogen (secondary N) is 1. The van der Waals surface area contributed by atoms with Crippen molar-refractivity contribution in [1.82, 2.24) is 14.9 Å². The summed E-state index contributed by atoms with van der Waals surface area (Å²) in [6.07, 6.45) is -2.54. The Hall–Kier alpha value is -2.15.